The number of hydrogen-bond acceptors (Lipinski definition) is 4. The van der Waals surface area contributed by atoms with Gasteiger partial charge in [0.2, 0.25) is 0 Å². The third-order valence-corrected chi connectivity index (χ3v) is 3.74. The summed E-state index contributed by atoms with van der Waals surface area (Å²) in [4.78, 5) is -0.302. The van der Waals surface area contributed by atoms with Gasteiger partial charge in [0, 0.05) is 13.1 Å². The van der Waals surface area contributed by atoms with Gasteiger partial charge in [-0.25, -0.2) is 12.8 Å². The third kappa shape index (κ3) is 2.28. The Balaban J connectivity index is 2.43. The first kappa shape index (κ1) is 12.4. The second kappa shape index (κ2) is 4.30. The molecule has 2 rings (SSSR count). The summed E-state index contributed by atoms with van der Waals surface area (Å²) in [5.74, 6) is -0.409. The Morgan fingerprint density at radius 3 is 2.72 bits per heavy atom. The van der Waals surface area contributed by atoms with Gasteiger partial charge in [-0.05, 0) is 18.2 Å². The quantitative estimate of drug-likeness (QED) is 0.812. The first-order valence-corrected chi connectivity index (χ1v) is 6.44. The molecule has 2 aromatic rings. The van der Waals surface area contributed by atoms with Gasteiger partial charge in [-0.1, -0.05) is 0 Å². The Morgan fingerprint density at radius 2 is 2.11 bits per heavy atom. The van der Waals surface area contributed by atoms with Crippen molar-refractivity contribution >= 4 is 21.5 Å². The molecule has 3 N–H and O–H groups in total. The van der Waals surface area contributed by atoms with Crippen molar-refractivity contribution in [3.63, 3.8) is 0 Å². The van der Waals surface area contributed by atoms with Crippen molar-refractivity contribution in [1.29, 1.82) is 0 Å². The van der Waals surface area contributed by atoms with Gasteiger partial charge in [-0.2, -0.15) is 5.10 Å². The van der Waals surface area contributed by atoms with E-state index in [0.29, 0.717) is 0 Å². The van der Waals surface area contributed by atoms with Gasteiger partial charge in [0.05, 0.1) is 11.9 Å². The summed E-state index contributed by atoms with van der Waals surface area (Å²) < 4.78 is 40.7. The minimum absolute atomic E-state index is 0.0222. The van der Waals surface area contributed by atoms with Crippen LogP contribution >= 0.6 is 0 Å². The van der Waals surface area contributed by atoms with Crippen molar-refractivity contribution < 1.29 is 12.8 Å². The van der Waals surface area contributed by atoms with Crippen molar-refractivity contribution in [2.24, 2.45) is 7.05 Å². The van der Waals surface area contributed by atoms with Gasteiger partial charge in [0.1, 0.15) is 16.5 Å². The van der Waals surface area contributed by atoms with E-state index in [4.69, 9.17) is 5.73 Å². The Kier molecular flexibility index (Phi) is 2.95. The largest absolute Gasteiger partial charge is 0.398 e. The monoisotopic (exact) mass is 270 g/mol. The van der Waals surface area contributed by atoms with Crippen molar-refractivity contribution in [3.05, 3.63) is 36.3 Å². The number of hydrogen-bond donors (Lipinski definition) is 2. The average Bonchev–Trinajstić information content (AvgIpc) is 2.67. The van der Waals surface area contributed by atoms with Crippen molar-refractivity contribution in [2.45, 2.75) is 4.90 Å². The molecule has 8 heteroatoms. The van der Waals surface area contributed by atoms with Gasteiger partial charge in [0.15, 0.2) is 0 Å². The van der Waals surface area contributed by atoms with Crippen LogP contribution in [0.25, 0.3) is 0 Å². The topological polar surface area (TPSA) is 90.0 Å². The molecule has 0 aliphatic carbocycles. The minimum Gasteiger partial charge on any atom is -0.398 e. The first-order valence-electron chi connectivity index (χ1n) is 4.96. The van der Waals surface area contributed by atoms with Crippen LogP contribution in [0.2, 0.25) is 0 Å². The predicted octanol–water partition coefficient (Wildman–Crippen LogP) is 0.942. The number of nitrogens with one attached hydrogen (secondary N) is 1. The molecule has 0 bridgehead atoms. The zero-order valence-electron chi connectivity index (χ0n) is 9.46. The van der Waals surface area contributed by atoms with Gasteiger partial charge in [-0.15, -0.1) is 0 Å². The fourth-order valence-electron chi connectivity index (χ4n) is 1.41. The lowest BCUT2D eigenvalue weighted by molar-refractivity contribution is 0.595. The van der Waals surface area contributed by atoms with Crippen LogP contribution in [-0.4, -0.2) is 18.2 Å². The van der Waals surface area contributed by atoms with Gasteiger partial charge in [0.25, 0.3) is 10.0 Å². The molecule has 0 aliphatic heterocycles. The third-order valence-electron chi connectivity index (χ3n) is 2.32. The number of anilines is 2. The molecule has 0 fully saturated rings. The first-order chi connectivity index (χ1) is 8.40. The average molecular weight is 270 g/mol. The Hall–Kier alpha value is -2.09. The lowest BCUT2D eigenvalue weighted by Crippen LogP contribution is -2.17. The highest BCUT2D eigenvalue weighted by atomic mass is 32.2. The van der Waals surface area contributed by atoms with Crippen LogP contribution < -0.4 is 10.5 Å². The zero-order valence-corrected chi connectivity index (χ0v) is 10.3. The fourth-order valence-corrected chi connectivity index (χ4v) is 2.64. The second-order valence-corrected chi connectivity index (χ2v) is 5.28. The standard InChI is InChI=1S/C10H11FN4O2S/c1-15-10(4-5-13-15)14-18(16,17)9-6-7(11)2-3-8(9)12/h2-6,14H,12H2,1H3. The summed E-state index contributed by atoms with van der Waals surface area (Å²) in [6, 6.07) is 4.65. The van der Waals surface area contributed by atoms with E-state index in [-0.39, 0.29) is 16.4 Å². The number of sulfonamides is 1. The van der Waals surface area contributed by atoms with Gasteiger partial charge in [-0.3, -0.25) is 9.40 Å². The molecule has 0 saturated heterocycles. The van der Waals surface area contributed by atoms with Gasteiger partial charge >= 0.3 is 0 Å². The molecular weight excluding hydrogens is 259 g/mol. The number of benzene rings is 1. The summed E-state index contributed by atoms with van der Waals surface area (Å²) in [7, 11) is -2.36. The van der Waals surface area contributed by atoms with Crippen molar-refractivity contribution in [1.82, 2.24) is 9.78 Å². The molecule has 0 amide bonds. The Morgan fingerprint density at radius 1 is 1.39 bits per heavy atom. The highest BCUT2D eigenvalue weighted by Gasteiger charge is 2.19. The summed E-state index contributed by atoms with van der Waals surface area (Å²) in [5.41, 5.74) is 5.51. The minimum atomic E-state index is -3.93. The maximum atomic E-state index is 13.1. The van der Waals surface area contributed by atoms with E-state index in [1.165, 1.54) is 23.0 Å². The molecule has 18 heavy (non-hydrogen) atoms. The zero-order chi connectivity index (χ0) is 13.3. The van der Waals surface area contributed by atoms with E-state index in [9.17, 15) is 12.8 Å². The molecule has 0 radical (unpaired) electrons. The number of halogens is 1. The van der Waals surface area contributed by atoms with E-state index in [1.807, 2.05) is 0 Å². The van der Waals surface area contributed by atoms with Crippen LogP contribution in [0.15, 0.2) is 35.4 Å². The summed E-state index contributed by atoms with van der Waals surface area (Å²) >= 11 is 0. The van der Waals surface area contributed by atoms with Crippen LogP contribution in [-0.2, 0) is 17.1 Å². The molecule has 0 aliphatic rings. The smallest absolute Gasteiger partial charge is 0.265 e. The molecule has 0 atom stereocenters. The molecule has 0 saturated carbocycles. The predicted molar refractivity (Wildman–Crippen MR) is 64.8 cm³/mol. The van der Waals surface area contributed by atoms with Crippen LogP contribution in [0.4, 0.5) is 15.9 Å². The second-order valence-electron chi connectivity index (χ2n) is 3.63. The highest BCUT2D eigenvalue weighted by molar-refractivity contribution is 7.92. The molecule has 6 nitrogen and oxygen atoms in total. The maximum absolute atomic E-state index is 13.1. The highest BCUT2D eigenvalue weighted by Crippen LogP contribution is 2.21. The molecule has 1 heterocycles. The number of nitrogens with zero attached hydrogens (tertiary/aromatic N) is 2. The van der Waals surface area contributed by atoms with Crippen LogP contribution in [0.3, 0.4) is 0 Å². The van der Waals surface area contributed by atoms with E-state index in [2.05, 4.69) is 9.82 Å². The van der Waals surface area contributed by atoms with E-state index < -0.39 is 15.8 Å². The van der Waals surface area contributed by atoms with Crippen LogP contribution in [0.5, 0.6) is 0 Å². The number of aryl methyl sites for hydroxylation is 1. The van der Waals surface area contributed by atoms with E-state index >= 15 is 0 Å². The van der Waals surface area contributed by atoms with Gasteiger partial charge < -0.3 is 5.73 Å². The molecular formula is C10H11FN4O2S. The maximum Gasteiger partial charge on any atom is 0.265 e. The Bertz CT molecular complexity index is 681. The lowest BCUT2D eigenvalue weighted by atomic mass is 10.3. The molecule has 1 aromatic heterocycles. The van der Waals surface area contributed by atoms with Crippen molar-refractivity contribution in [2.75, 3.05) is 10.5 Å². The summed E-state index contributed by atoms with van der Waals surface area (Å²) in [6.07, 6.45) is 1.44. The van der Waals surface area contributed by atoms with Crippen molar-refractivity contribution in [3.8, 4) is 0 Å². The lowest BCUT2D eigenvalue weighted by Gasteiger charge is -2.10. The van der Waals surface area contributed by atoms with Crippen LogP contribution in [0, 0.1) is 5.82 Å². The Labute approximate surface area is 103 Å². The normalized spacial score (nSPS) is 11.4. The molecule has 96 valence electrons. The molecule has 1 aromatic carbocycles. The summed E-state index contributed by atoms with van der Waals surface area (Å²) in [5, 5.41) is 3.82. The van der Waals surface area contributed by atoms with E-state index in [0.717, 1.165) is 12.1 Å². The summed E-state index contributed by atoms with van der Waals surface area (Å²) in [6.45, 7) is 0. The number of nitrogen functional groups attached to an aromatic ring is 1. The fraction of sp³-hybridized carbons (Fsp3) is 0.100. The van der Waals surface area contributed by atoms with Crippen LogP contribution in [0.1, 0.15) is 0 Å². The molecule has 0 unspecified atom stereocenters. The number of aromatic nitrogens is 2. The SMILES string of the molecule is Cn1nccc1NS(=O)(=O)c1cc(F)ccc1N. The number of rotatable bonds is 3. The van der Waals surface area contributed by atoms with E-state index in [1.54, 1.807) is 7.05 Å². The number of nitrogens with two attached hydrogens (primary N) is 1. The molecule has 0 spiro atoms.